The first-order chi connectivity index (χ1) is 15.1. The molecule has 0 radical (unpaired) electrons. The van der Waals surface area contributed by atoms with E-state index in [1.807, 2.05) is 41.0 Å². The Bertz CT molecular complexity index is 1020. The number of hydrogen-bond donors (Lipinski definition) is 1. The van der Waals surface area contributed by atoms with Crippen LogP contribution in [0.1, 0.15) is 11.1 Å². The summed E-state index contributed by atoms with van der Waals surface area (Å²) in [5.41, 5.74) is 3.15. The second-order valence-corrected chi connectivity index (χ2v) is 8.62. The molecule has 1 fully saturated rings. The number of amides is 1. The minimum atomic E-state index is -0.0636. The smallest absolute Gasteiger partial charge is 0.232 e. The minimum absolute atomic E-state index is 0.0636. The van der Waals surface area contributed by atoms with Gasteiger partial charge in [-0.05, 0) is 36.8 Å². The predicted octanol–water partition coefficient (Wildman–Crippen LogP) is 3.47. The maximum atomic E-state index is 12.4. The van der Waals surface area contributed by atoms with Crippen molar-refractivity contribution in [2.24, 2.45) is 0 Å². The van der Waals surface area contributed by atoms with E-state index < -0.39 is 0 Å². The van der Waals surface area contributed by atoms with E-state index in [2.05, 4.69) is 39.5 Å². The van der Waals surface area contributed by atoms with E-state index in [-0.39, 0.29) is 11.7 Å². The average Bonchev–Trinajstić information content (AvgIpc) is 3.22. The second-order valence-electron chi connectivity index (χ2n) is 7.24. The number of thioether (sulfide) groups is 1. The summed E-state index contributed by atoms with van der Waals surface area (Å²) in [6.07, 6.45) is 0. The molecule has 0 bridgehead atoms. The number of hydrogen-bond acceptors (Lipinski definition) is 6. The fraction of sp³-hybridized carbons (Fsp3) is 0.318. The van der Waals surface area contributed by atoms with Crippen molar-refractivity contribution in [3.05, 3.63) is 64.7 Å². The topological polar surface area (TPSA) is 72.3 Å². The Labute approximate surface area is 190 Å². The lowest BCUT2D eigenvalue weighted by atomic mass is 10.2. The van der Waals surface area contributed by atoms with Crippen molar-refractivity contribution in [1.82, 2.24) is 20.1 Å². The van der Waals surface area contributed by atoms with Gasteiger partial charge in [0.05, 0.1) is 24.7 Å². The quantitative estimate of drug-likeness (QED) is 0.548. The van der Waals surface area contributed by atoms with Crippen LogP contribution in [0.25, 0.3) is 5.69 Å². The molecule has 1 aromatic heterocycles. The molecular formula is C22H24ClN5O2S. The monoisotopic (exact) mass is 457 g/mol. The fourth-order valence-electron chi connectivity index (χ4n) is 3.23. The highest BCUT2D eigenvalue weighted by molar-refractivity contribution is 7.99. The van der Waals surface area contributed by atoms with Crippen molar-refractivity contribution >= 4 is 35.2 Å². The number of nitrogens with one attached hydrogen (secondary N) is 1. The Morgan fingerprint density at radius 1 is 1.10 bits per heavy atom. The van der Waals surface area contributed by atoms with Crippen LogP contribution in [0.4, 0.5) is 5.95 Å². The number of ether oxygens (including phenoxy) is 1. The summed E-state index contributed by atoms with van der Waals surface area (Å²) in [6.45, 7) is 5.36. The number of morpholine rings is 1. The molecule has 1 amide bonds. The predicted molar refractivity (Wildman–Crippen MR) is 123 cm³/mol. The Hall–Kier alpha value is -2.55. The van der Waals surface area contributed by atoms with E-state index in [1.54, 1.807) is 0 Å². The highest BCUT2D eigenvalue weighted by atomic mass is 35.5. The van der Waals surface area contributed by atoms with Gasteiger partial charge in [0.25, 0.3) is 0 Å². The third kappa shape index (κ3) is 5.58. The lowest BCUT2D eigenvalue weighted by Gasteiger charge is -2.27. The van der Waals surface area contributed by atoms with Gasteiger partial charge in [0.15, 0.2) is 5.16 Å². The van der Waals surface area contributed by atoms with E-state index in [4.69, 9.17) is 16.3 Å². The number of anilines is 1. The van der Waals surface area contributed by atoms with Crippen molar-refractivity contribution in [2.75, 3.05) is 37.0 Å². The van der Waals surface area contributed by atoms with Crippen LogP contribution < -0.4 is 10.2 Å². The van der Waals surface area contributed by atoms with Gasteiger partial charge in [0.2, 0.25) is 11.9 Å². The number of carbonyl (C=O) groups excluding carboxylic acids is 1. The van der Waals surface area contributed by atoms with E-state index in [1.165, 1.54) is 17.3 Å². The molecule has 0 aliphatic carbocycles. The van der Waals surface area contributed by atoms with Crippen molar-refractivity contribution in [1.29, 1.82) is 0 Å². The number of aromatic nitrogens is 3. The highest BCUT2D eigenvalue weighted by Gasteiger charge is 2.22. The molecule has 1 aliphatic heterocycles. The fourth-order valence-corrected chi connectivity index (χ4v) is 4.13. The molecule has 1 N–H and O–H groups in total. The van der Waals surface area contributed by atoms with Gasteiger partial charge in [-0.1, -0.05) is 53.2 Å². The number of rotatable bonds is 7. The van der Waals surface area contributed by atoms with Gasteiger partial charge in [-0.3, -0.25) is 9.36 Å². The number of benzene rings is 2. The maximum Gasteiger partial charge on any atom is 0.232 e. The first kappa shape index (κ1) is 21.7. The molecule has 0 unspecified atom stereocenters. The Morgan fingerprint density at radius 3 is 2.52 bits per heavy atom. The van der Waals surface area contributed by atoms with Crippen LogP contribution in [0.5, 0.6) is 0 Å². The van der Waals surface area contributed by atoms with E-state index in [0.29, 0.717) is 29.9 Å². The number of nitrogens with zero attached hydrogens (tertiary/aromatic N) is 4. The van der Waals surface area contributed by atoms with Gasteiger partial charge in [-0.25, -0.2) is 0 Å². The summed E-state index contributed by atoms with van der Waals surface area (Å²) in [5, 5.41) is 13.1. The molecule has 1 saturated heterocycles. The van der Waals surface area contributed by atoms with E-state index >= 15 is 0 Å². The average molecular weight is 458 g/mol. The summed E-state index contributed by atoms with van der Waals surface area (Å²) in [6, 6.07) is 15.7. The Kier molecular flexibility index (Phi) is 7.11. The zero-order valence-electron chi connectivity index (χ0n) is 17.3. The van der Waals surface area contributed by atoms with Crippen molar-refractivity contribution in [2.45, 2.75) is 18.6 Å². The molecule has 9 heteroatoms. The van der Waals surface area contributed by atoms with Gasteiger partial charge in [-0.2, -0.15) is 0 Å². The first-order valence-corrected chi connectivity index (χ1v) is 11.5. The van der Waals surface area contributed by atoms with E-state index in [0.717, 1.165) is 30.3 Å². The third-order valence-electron chi connectivity index (χ3n) is 4.94. The molecule has 31 heavy (non-hydrogen) atoms. The van der Waals surface area contributed by atoms with Crippen LogP contribution in [0, 0.1) is 6.92 Å². The van der Waals surface area contributed by atoms with Crippen molar-refractivity contribution in [3.8, 4) is 5.69 Å². The second kappa shape index (κ2) is 10.2. The van der Waals surface area contributed by atoms with Crippen LogP contribution in [0.2, 0.25) is 5.02 Å². The van der Waals surface area contributed by atoms with E-state index in [9.17, 15) is 4.79 Å². The molecule has 0 spiro atoms. The number of aryl methyl sites for hydroxylation is 1. The minimum Gasteiger partial charge on any atom is -0.378 e. The normalized spacial score (nSPS) is 13.9. The molecule has 4 rings (SSSR count). The number of carbonyl (C=O) groups is 1. The molecule has 3 aromatic rings. The molecule has 0 atom stereocenters. The molecular weight excluding hydrogens is 434 g/mol. The van der Waals surface area contributed by atoms with Gasteiger partial charge in [0, 0.05) is 24.7 Å². The van der Waals surface area contributed by atoms with Gasteiger partial charge < -0.3 is 15.0 Å². The Morgan fingerprint density at radius 2 is 1.81 bits per heavy atom. The SMILES string of the molecule is Cc1ccc(-n2c(SCC(=O)NCc3ccc(Cl)cc3)nnc2N2CCOCC2)cc1. The van der Waals surface area contributed by atoms with Crippen LogP contribution in [0.15, 0.2) is 53.7 Å². The third-order valence-corrected chi connectivity index (χ3v) is 6.12. The molecule has 162 valence electrons. The molecule has 1 aliphatic rings. The van der Waals surface area contributed by atoms with Crippen LogP contribution in [-0.4, -0.2) is 52.7 Å². The summed E-state index contributed by atoms with van der Waals surface area (Å²) < 4.78 is 7.49. The maximum absolute atomic E-state index is 12.4. The van der Waals surface area contributed by atoms with Gasteiger partial charge in [0.1, 0.15) is 0 Å². The molecule has 2 aromatic carbocycles. The van der Waals surface area contributed by atoms with Crippen LogP contribution >= 0.6 is 23.4 Å². The first-order valence-electron chi connectivity index (χ1n) is 10.1. The van der Waals surface area contributed by atoms with Crippen LogP contribution in [0.3, 0.4) is 0 Å². The zero-order chi connectivity index (χ0) is 21.6. The van der Waals surface area contributed by atoms with Crippen LogP contribution in [-0.2, 0) is 16.1 Å². The summed E-state index contributed by atoms with van der Waals surface area (Å²) in [4.78, 5) is 14.6. The highest BCUT2D eigenvalue weighted by Crippen LogP contribution is 2.27. The lowest BCUT2D eigenvalue weighted by Crippen LogP contribution is -2.37. The lowest BCUT2D eigenvalue weighted by molar-refractivity contribution is -0.118. The molecule has 2 heterocycles. The number of halogens is 1. The summed E-state index contributed by atoms with van der Waals surface area (Å²) >= 11 is 7.28. The van der Waals surface area contributed by atoms with Crippen molar-refractivity contribution in [3.63, 3.8) is 0 Å². The van der Waals surface area contributed by atoms with Gasteiger partial charge in [-0.15, -0.1) is 10.2 Å². The zero-order valence-corrected chi connectivity index (χ0v) is 18.8. The summed E-state index contributed by atoms with van der Waals surface area (Å²) in [7, 11) is 0. The summed E-state index contributed by atoms with van der Waals surface area (Å²) in [5.74, 6) is 0.961. The Balaban J connectivity index is 1.46. The standard InChI is InChI=1S/C22H24ClN5O2S/c1-16-2-8-19(9-3-16)28-21(27-10-12-30-13-11-27)25-26-22(28)31-15-20(29)24-14-17-4-6-18(23)7-5-17/h2-9H,10-15H2,1H3,(H,24,29). The largest absolute Gasteiger partial charge is 0.378 e. The molecule has 0 saturated carbocycles. The van der Waals surface area contributed by atoms with Crippen molar-refractivity contribution < 1.29 is 9.53 Å². The van der Waals surface area contributed by atoms with Gasteiger partial charge >= 0.3 is 0 Å². The molecule has 7 nitrogen and oxygen atoms in total.